The smallest absolute Gasteiger partial charge is 0.325 e. The molecule has 0 spiro atoms. The lowest BCUT2D eigenvalue weighted by Crippen LogP contribution is -2.17. The molecule has 0 heterocycles. The first-order chi connectivity index (χ1) is 11.2. The van der Waals surface area contributed by atoms with Crippen LogP contribution in [0, 0.1) is 0 Å². The summed E-state index contributed by atoms with van der Waals surface area (Å²) in [4.78, 5) is 22.5. The Kier molecular flexibility index (Phi) is 8.00. The molecule has 0 saturated heterocycles. The molecule has 0 aliphatic rings. The number of nitrogens with one attached hydrogen (secondary N) is 2. The van der Waals surface area contributed by atoms with Gasteiger partial charge in [-0.3, -0.25) is 14.8 Å². The average Bonchev–Trinajstić information content (AvgIpc) is 2.51. The summed E-state index contributed by atoms with van der Waals surface area (Å²) in [6.07, 6.45) is -1.68. The number of benzene rings is 1. The molecule has 0 aliphatic heterocycles. The maximum Gasteiger partial charge on any atom is 0.416 e. The fraction of sp³-hybridized carbons (Fsp3) is 0.467. The van der Waals surface area contributed by atoms with Crippen molar-refractivity contribution in [1.29, 1.82) is 0 Å². The monoisotopic (exact) mass is 366 g/mol. The predicted octanol–water partition coefficient (Wildman–Crippen LogP) is 4.14. The van der Waals surface area contributed by atoms with Gasteiger partial charge in [-0.25, -0.2) is 5.48 Å². The van der Waals surface area contributed by atoms with Crippen LogP contribution in [0.15, 0.2) is 18.2 Å². The van der Waals surface area contributed by atoms with E-state index in [0.29, 0.717) is 25.7 Å². The van der Waals surface area contributed by atoms with Crippen molar-refractivity contribution in [2.24, 2.45) is 0 Å². The van der Waals surface area contributed by atoms with Gasteiger partial charge >= 0.3 is 6.18 Å². The molecule has 0 radical (unpaired) electrons. The highest BCUT2D eigenvalue weighted by molar-refractivity contribution is 6.33. The van der Waals surface area contributed by atoms with E-state index in [2.05, 4.69) is 5.32 Å². The third kappa shape index (κ3) is 7.18. The first-order valence-corrected chi connectivity index (χ1v) is 7.71. The molecule has 0 bridgehead atoms. The molecule has 1 aromatic rings. The van der Waals surface area contributed by atoms with Gasteiger partial charge < -0.3 is 5.32 Å². The lowest BCUT2D eigenvalue weighted by Gasteiger charge is -2.11. The Labute approximate surface area is 142 Å². The number of hydrogen-bond donors (Lipinski definition) is 3. The minimum absolute atomic E-state index is 0.0337. The highest BCUT2D eigenvalue weighted by Gasteiger charge is 2.31. The maximum atomic E-state index is 12.6. The Morgan fingerprint density at radius 2 is 1.62 bits per heavy atom. The summed E-state index contributed by atoms with van der Waals surface area (Å²) in [7, 11) is 0. The van der Waals surface area contributed by atoms with Crippen LogP contribution in [0.3, 0.4) is 0 Å². The average molecular weight is 367 g/mol. The van der Waals surface area contributed by atoms with Crippen LogP contribution in [-0.4, -0.2) is 17.0 Å². The Morgan fingerprint density at radius 1 is 1.04 bits per heavy atom. The molecule has 2 amide bonds. The van der Waals surface area contributed by atoms with Gasteiger partial charge in [0.15, 0.2) is 0 Å². The summed E-state index contributed by atoms with van der Waals surface area (Å²) >= 11 is 5.80. The molecule has 0 aromatic heterocycles. The number of halogens is 4. The van der Waals surface area contributed by atoms with Crippen molar-refractivity contribution in [1.82, 2.24) is 5.48 Å². The van der Waals surface area contributed by atoms with Gasteiger partial charge in [-0.15, -0.1) is 0 Å². The molecule has 1 rings (SSSR count). The van der Waals surface area contributed by atoms with Gasteiger partial charge in [0, 0.05) is 12.8 Å². The van der Waals surface area contributed by atoms with Crippen LogP contribution in [-0.2, 0) is 15.8 Å². The van der Waals surface area contributed by atoms with Crippen molar-refractivity contribution in [2.45, 2.75) is 44.7 Å². The Morgan fingerprint density at radius 3 is 2.17 bits per heavy atom. The van der Waals surface area contributed by atoms with E-state index >= 15 is 0 Å². The Balaban J connectivity index is 2.39. The quantitative estimate of drug-likeness (QED) is 0.367. The van der Waals surface area contributed by atoms with Gasteiger partial charge in [0.05, 0.1) is 16.3 Å². The van der Waals surface area contributed by atoms with E-state index in [1.807, 2.05) is 0 Å². The van der Waals surface area contributed by atoms with Crippen molar-refractivity contribution < 1.29 is 28.0 Å². The number of carbonyl (C=O) groups is 2. The van der Waals surface area contributed by atoms with E-state index < -0.39 is 23.6 Å². The molecule has 1 aromatic carbocycles. The van der Waals surface area contributed by atoms with Crippen LogP contribution in [0.25, 0.3) is 0 Å². The fourth-order valence-electron chi connectivity index (χ4n) is 1.99. The molecular formula is C15H18ClF3N2O3. The first-order valence-electron chi connectivity index (χ1n) is 7.33. The van der Waals surface area contributed by atoms with Crippen LogP contribution < -0.4 is 10.8 Å². The zero-order chi connectivity index (χ0) is 18.2. The molecule has 3 N–H and O–H groups in total. The lowest BCUT2D eigenvalue weighted by atomic mass is 10.1. The molecular weight excluding hydrogens is 349 g/mol. The van der Waals surface area contributed by atoms with Crippen molar-refractivity contribution in [3.05, 3.63) is 28.8 Å². The third-order valence-corrected chi connectivity index (χ3v) is 3.58. The highest BCUT2D eigenvalue weighted by atomic mass is 35.5. The minimum Gasteiger partial charge on any atom is -0.325 e. The second-order valence-electron chi connectivity index (χ2n) is 5.19. The Hall–Kier alpha value is -1.80. The summed E-state index contributed by atoms with van der Waals surface area (Å²) in [5.74, 6) is -0.892. The van der Waals surface area contributed by atoms with Crippen molar-refractivity contribution in [3.8, 4) is 0 Å². The van der Waals surface area contributed by atoms with E-state index in [1.54, 1.807) is 0 Å². The van der Waals surface area contributed by atoms with Crippen LogP contribution in [0.5, 0.6) is 0 Å². The van der Waals surface area contributed by atoms with E-state index in [1.165, 1.54) is 5.48 Å². The number of anilines is 1. The predicted molar refractivity (Wildman–Crippen MR) is 82.7 cm³/mol. The number of hydrogen-bond acceptors (Lipinski definition) is 3. The number of hydroxylamine groups is 1. The summed E-state index contributed by atoms with van der Waals surface area (Å²) in [5.41, 5.74) is 0.568. The van der Waals surface area contributed by atoms with E-state index in [-0.39, 0.29) is 23.6 Å². The fourth-order valence-corrected chi connectivity index (χ4v) is 2.16. The van der Waals surface area contributed by atoms with Crippen LogP contribution in [0.4, 0.5) is 18.9 Å². The largest absolute Gasteiger partial charge is 0.416 e. The molecule has 0 unspecified atom stereocenters. The second-order valence-corrected chi connectivity index (χ2v) is 5.60. The summed E-state index contributed by atoms with van der Waals surface area (Å²) in [6, 6.07) is 2.74. The standard InChI is InChI=1S/C15H18ClF3N2O3/c16-11-8-7-10(15(17,18)19)9-12(11)20-13(22)5-3-1-2-4-6-14(23)21-24/h7-9,24H,1-6H2,(H,20,22)(H,21,23). The highest BCUT2D eigenvalue weighted by Crippen LogP contribution is 2.33. The van der Waals surface area contributed by atoms with Gasteiger partial charge in [-0.1, -0.05) is 24.4 Å². The molecule has 0 atom stereocenters. The molecule has 0 saturated carbocycles. The van der Waals surface area contributed by atoms with Crippen LogP contribution >= 0.6 is 11.6 Å². The minimum atomic E-state index is -4.51. The number of rotatable bonds is 8. The summed E-state index contributed by atoms with van der Waals surface area (Å²) in [6.45, 7) is 0. The van der Waals surface area contributed by atoms with Gasteiger partial charge in [-0.2, -0.15) is 13.2 Å². The molecule has 134 valence electrons. The molecule has 5 nitrogen and oxygen atoms in total. The second kappa shape index (κ2) is 9.48. The van der Waals surface area contributed by atoms with E-state index in [0.717, 1.165) is 18.2 Å². The zero-order valence-corrected chi connectivity index (χ0v) is 13.5. The van der Waals surface area contributed by atoms with Gasteiger partial charge in [0.1, 0.15) is 0 Å². The molecule has 9 heteroatoms. The van der Waals surface area contributed by atoms with Gasteiger partial charge in [0.2, 0.25) is 11.8 Å². The van der Waals surface area contributed by atoms with Gasteiger partial charge in [-0.05, 0) is 31.0 Å². The molecule has 0 aliphatic carbocycles. The lowest BCUT2D eigenvalue weighted by molar-refractivity contribution is -0.137. The van der Waals surface area contributed by atoms with Crippen LogP contribution in [0.1, 0.15) is 44.1 Å². The SMILES string of the molecule is O=C(CCCCCCC(=O)Nc1cc(C(F)(F)F)ccc1Cl)NO. The number of carbonyl (C=O) groups excluding carboxylic acids is 2. The van der Waals surface area contributed by atoms with Crippen molar-refractivity contribution in [2.75, 3.05) is 5.32 Å². The zero-order valence-electron chi connectivity index (χ0n) is 12.8. The first kappa shape index (κ1) is 20.2. The summed E-state index contributed by atoms with van der Waals surface area (Å²) < 4.78 is 37.9. The molecule has 0 fully saturated rings. The van der Waals surface area contributed by atoms with Gasteiger partial charge in [0.25, 0.3) is 0 Å². The maximum absolute atomic E-state index is 12.6. The van der Waals surface area contributed by atoms with E-state index in [4.69, 9.17) is 16.8 Å². The molecule has 24 heavy (non-hydrogen) atoms. The number of unbranched alkanes of at least 4 members (excludes halogenated alkanes) is 3. The van der Waals surface area contributed by atoms with Crippen LogP contribution in [0.2, 0.25) is 5.02 Å². The topological polar surface area (TPSA) is 78.4 Å². The normalized spacial score (nSPS) is 11.2. The number of amides is 2. The third-order valence-electron chi connectivity index (χ3n) is 3.25. The number of alkyl halides is 3. The van der Waals surface area contributed by atoms with Crippen molar-refractivity contribution >= 4 is 29.1 Å². The Bertz CT molecular complexity index is 580. The summed E-state index contributed by atoms with van der Waals surface area (Å²) in [5, 5.41) is 10.7. The van der Waals surface area contributed by atoms with Crippen molar-refractivity contribution in [3.63, 3.8) is 0 Å². The van der Waals surface area contributed by atoms with E-state index in [9.17, 15) is 22.8 Å².